The van der Waals surface area contributed by atoms with Crippen molar-refractivity contribution >= 4 is 5.97 Å². The van der Waals surface area contributed by atoms with Crippen LogP contribution in [0.25, 0.3) is 0 Å². The number of rotatable bonds is 3. The third kappa shape index (κ3) is 4.15. The summed E-state index contributed by atoms with van der Waals surface area (Å²) < 4.78 is 5.06. The van der Waals surface area contributed by atoms with Gasteiger partial charge in [-0.1, -0.05) is 6.08 Å². The standard InChI is InChI=1S/C12H17NO2/c1-3-4-5-9-15-12(14)11-7-6-8-13(2)10-11/h3,5,7H,6,8-10H2,1-2H3. The molecule has 0 bridgehead atoms. The van der Waals surface area contributed by atoms with E-state index >= 15 is 0 Å². The number of esters is 1. The van der Waals surface area contributed by atoms with Crippen molar-refractivity contribution < 1.29 is 9.53 Å². The van der Waals surface area contributed by atoms with Gasteiger partial charge in [0.1, 0.15) is 6.61 Å². The van der Waals surface area contributed by atoms with E-state index in [1.807, 2.05) is 20.0 Å². The van der Waals surface area contributed by atoms with Gasteiger partial charge in [-0.15, -0.1) is 5.73 Å². The molecule has 1 rings (SSSR count). The molecule has 3 heteroatoms. The van der Waals surface area contributed by atoms with Crippen LogP contribution in [0, 0.1) is 0 Å². The predicted molar refractivity (Wildman–Crippen MR) is 59.5 cm³/mol. The monoisotopic (exact) mass is 207 g/mol. The van der Waals surface area contributed by atoms with Crippen LogP contribution in [0.15, 0.2) is 29.5 Å². The van der Waals surface area contributed by atoms with Gasteiger partial charge in [0.15, 0.2) is 0 Å². The van der Waals surface area contributed by atoms with Crippen LogP contribution in [-0.2, 0) is 9.53 Å². The number of nitrogens with zero attached hydrogens (tertiary/aromatic N) is 1. The summed E-state index contributed by atoms with van der Waals surface area (Å²) in [6.07, 6.45) is 6.36. The summed E-state index contributed by atoms with van der Waals surface area (Å²) in [5.41, 5.74) is 3.62. The smallest absolute Gasteiger partial charge is 0.335 e. The molecule has 0 N–H and O–H groups in total. The van der Waals surface area contributed by atoms with Crippen LogP contribution in [-0.4, -0.2) is 37.6 Å². The van der Waals surface area contributed by atoms with Crippen LogP contribution in [0.5, 0.6) is 0 Å². The van der Waals surface area contributed by atoms with E-state index in [0.29, 0.717) is 13.2 Å². The summed E-state index contributed by atoms with van der Waals surface area (Å²) in [6.45, 7) is 3.86. The third-order valence-corrected chi connectivity index (χ3v) is 2.19. The van der Waals surface area contributed by atoms with Gasteiger partial charge in [0.2, 0.25) is 0 Å². The molecule has 0 saturated carbocycles. The molecule has 0 fully saturated rings. The van der Waals surface area contributed by atoms with Gasteiger partial charge >= 0.3 is 5.97 Å². The summed E-state index contributed by atoms with van der Waals surface area (Å²) in [5.74, 6) is -0.212. The maximum atomic E-state index is 11.5. The van der Waals surface area contributed by atoms with E-state index < -0.39 is 0 Å². The second kappa shape index (κ2) is 6.23. The van der Waals surface area contributed by atoms with E-state index in [2.05, 4.69) is 10.6 Å². The van der Waals surface area contributed by atoms with Gasteiger partial charge in [-0.2, -0.15) is 0 Å². The minimum absolute atomic E-state index is 0.212. The van der Waals surface area contributed by atoms with Gasteiger partial charge in [0, 0.05) is 18.7 Å². The van der Waals surface area contributed by atoms with Crippen molar-refractivity contribution in [2.45, 2.75) is 13.3 Å². The van der Waals surface area contributed by atoms with Crippen molar-refractivity contribution in [3.05, 3.63) is 29.5 Å². The third-order valence-electron chi connectivity index (χ3n) is 2.19. The molecule has 0 aliphatic carbocycles. The number of carbonyl (C=O) groups excluding carboxylic acids is 1. The summed E-state index contributed by atoms with van der Waals surface area (Å²) in [4.78, 5) is 13.6. The van der Waals surface area contributed by atoms with Crippen molar-refractivity contribution in [1.82, 2.24) is 4.90 Å². The van der Waals surface area contributed by atoms with Crippen LogP contribution >= 0.6 is 0 Å². The van der Waals surface area contributed by atoms with Gasteiger partial charge in [-0.05, 0) is 32.5 Å². The molecule has 0 radical (unpaired) electrons. The second-order valence-corrected chi connectivity index (χ2v) is 3.51. The Balaban J connectivity index is 2.40. The van der Waals surface area contributed by atoms with E-state index in [4.69, 9.17) is 4.74 Å². The molecular weight excluding hydrogens is 190 g/mol. The molecule has 0 spiro atoms. The molecule has 0 aromatic heterocycles. The normalized spacial score (nSPS) is 16.3. The van der Waals surface area contributed by atoms with Crippen molar-refractivity contribution in [2.75, 3.05) is 26.7 Å². The van der Waals surface area contributed by atoms with Crippen molar-refractivity contribution in [2.24, 2.45) is 0 Å². The highest BCUT2D eigenvalue weighted by Crippen LogP contribution is 2.09. The molecule has 0 saturated heterocycles. The average Bonchev–Trinajstić information content (AvgIpc) is 2.24. The zero-order valence-corrected chi connectivity index (χ0v) is 9.32. The van der Waals surface area contributed by atoms with E-state index in [0.717, 1.165) is 18.5 Å². The Labute approximate surface area is 90.7 Å². The van der Waals surface area contributed by atoms with Gasteiger partial charge < -0.3 is 9.64 Å². The SMILES string of the molecule is CC=C=CCOC(=O)C1=CCCN(C)C1. The van der Waals surface area contributed by atoms with Gasteiger partial charge in [-0.3, -0.25) is 0 Å². The molecule has 15 heavy (non-hydrogen) atoms. The van der Waals surface area contributed by atoms with Gasteiger partial charge in [-0.25, -0.2) is 4.79 Å². The highest BCUT2D eigenvalue weighted by atomic mass is 16.5. The van der Waals surface area contributed by atoms with E-state index in [1.165, 1.54) is 0 Å². The summed E-state index contributed by atoms with van der Waals surface area (Å²) in [6, 6.07) is 0. The number of carbonyl (C=O) groups is 1. The summed E-state index contributed by atoms with van der Waals surface area (Å²) in [5, 5.41) is 0. The van der Waals surface area contributed by atoms with Gasteiger partial charge in [0.05, 0.1) is 0 Å². The fourth-order valence-electron chi connectivity index (χ4n) is 1.42. The lowest BCUT2D eigenvalue weighted by Gasteiger charge is -2.21. The van der Waals surface area contributed by atoms with Crippen LogP contribution in [0.4, 0.5) is 0 Å². The van der Waals surface area contributed by atoms with Crippen molar-refractivity contribution in [3.63, 3.8) is 0 Å². The highest BCUT2D eigenvalue weighted by molar-refractivity contribution is 5.89. The lowest BCUT2D eigenvalue weighted by atomic mass is 10.1. The predicted octanol–water partition coefficient (Wildman–Crippen LogP) is 1.52. The Morgan fingerprint density at radius 1 is 1.73 bits per heavy atom. The molecule has 0 aromatic carbocycles. The topological polar surface area (TPSA) is 29.5 Å². The molecule has 3 nitrogen and oxygen atoms in total. The maximum Gasteiger partial charge on any atom is 0.335 e. The van der Waals surface area contributed by atoms with Crippen LogP contribution in [0.3, 0.4) is 0 Å². The molecule has 1 aliphatic rings. The Kier molecular flexibility index (Phi) is 4.88. The largest absolute Gasteiger partial charge is 0.457 e. The zero-order valence-electron chi connectivity index (χ0n) is 9.32. The first kappa shape index (κ1) is 11.8. The van der Waals surface area contributed by atoms with E-state index in [9.17, 15) is 4.79 Å². The molecule has 0 atom stereocenters. The molecule has 0 unspecified atom stereocenters. The Bertz CT molecular complexity index is 312. The fourth-order valence-corrected chi connectivity index (χ4v) is 1.42. The number of ether oxygens (including phenoxy) is 1. The molecule has 1 heterocycles. The Morgan fingerprint density at radius 2 is 2.53 bits per heavy atom. The molecule has 0 amide bonds. The average molecular weight is 207 g/mol. The Hall–Kier alpha value is -1.31. The lowest BCUT2D eigenvalue weighted by molar-refractivity contribution is -0.138. The molecule has 82 valence electrons. The summed E-state index contributed by atoms with van der Waals surface area (Å²) in [7, 11) is 2.00. The second-order valence-electron chi connectivity index (χ2n) is 3.51. The maximum absolute atomic E-state index is 11.5. The molecule has 0 aromatic rings. The number of likely N-dealkylation sites (N-methyl/N-ethyl adjacent to an activating group) is 1. The number of hydrogen-bond donors (Lipinski definition) is 0. The number of hydrogen-bond acceptors (Lipinski definition) is 3. The van der Waals surface area contributed by atoms with Crippen molar-refractivity contribution in [3.8, 4) is 0 Å². The minimum atomic E-state index is -0.212. The first-order valence-corrected chi connectivity index (χ1v) is 5.14. The first-order chi connectivity index (χ1) is 7.24. The fraction of sp³-hybridized carbons (Fsp3) is 0.500. The zero-order chi connectivity index (χ0) is 11.1. The van der Waals surface area contributed by atoms with Crippen molar-refractivity contribution in [1.29, 1.82) is 0 Å². The lowest BCUT2D eigenvalue weighted by Crippen LogP contribution is -2.29. The molecule has 1 aliphatic heterocycles. The van der Waals surface area contributed by atoms with E-state index in [-0.39, 0.29) is 5.97 Å². The highest BCUT2D eigenvalue weighted by Gasteiger charge is 2.15. The quantitative estimate of drug-likeness (QED) is 0.519. The van der Waals surface area contributed by atoms with Crippen LogP contribution in [0.2, 0.25) is 0 Å². The summed E-state index contributed by atoms with van der Waals surface area (Å²) >= 11 is 0. The Morgan fingerprint density at radius 3 is 3.20 bits per heavy atom. The molecular formula is C12H17NO2. The van der Waals surface area contributed by atoms with Crippen LogP contribution in [0.1, 0.15) is 13.3 Å². The van der Waals surface area contributed by atoms with Gasteiger partial charge in [0.25, 0.3) is 0 Å². The van der Waals surface area contributed by atoms with Crippen LogP contribution < -0.4 is 0 Å². The van der Waals surface area contributed by atoms with E-state index in [1.54, 1.807) is 12.2 Å². The minimum Gasteiger partial charge on any atom is -0.457 e. The first-order valence-electron chi connectivity index (χ1n) is 5.14.